The van der Waals surface area contributed by atoms with E-state index >= 15 is 0 Å². The third-order valence-corrected chi connectivity index (χ3v) is 1.91. The predicted octanol–water partition coefficient (Wildman–Crippen LogP) is 1.36. The van der Waals surface area contributed by atoms with E-state index in [0.717, 1.165) is 17.1 Å². The van der Waals surface area contributed by atoms with E-state index in [0.29, 0.717) is 5.69 Å². The first-order valence-electron chi connectivity index (χ1n) is 4.06. The number of hydrogen-bond acceptors (Lipinski definition) is 4. The molecule has 1 aromatic rings. The molecule has 0 saturated carbocycles. The lowest BCUT2D eigenvalue weighted by molar-refractivity contribution is 0.417. The van der Waals surface area contributed by atoms with Crippen LogP contribution in [0.15, 0.2) is 12.1 Å². The molecule has 4 nitrogen and oxygen atoms in total. The van der Waals surface area contributed by atoms with Crippen molar-refractivity contribution in [2.75, 3.05) is 37.6 Å². The van der Waals surface area contributed by atoms with Gasteiger partial charge in [0.15, 0.2) is 0 Å². The van der Waals surface area contributed by atoms with Gasteiger partial charge in [0.05, 0.1) is 24.2 Å². The minimum Gasteiger partial charge on any atom is -0.495 e. The molecule has 0 heterocycles. The number of nitrogens with two attached hydrogens (primary N) is 1. The fraction of sp³-hybridized carbons (Fsp3) is 0.333. The summed E-state index contributed by atoms with van der Waals surface area (Å²) in [6.45, 7) is 0. The molecule has 1 rings (SSSR count). The standard InChI is InChI=1S/C9H15N3O/c1-11-7-5-8(12-2)9(13-3)4-6(7)10/h4-5,11-12H,10H2,1-3H3. The van der Waals surface area contributed by atoms with Crippen LogP contribution in [0.25, 0.3) is 0 Å². The summed E-state index contributed by atoms with van der Waals surface area (Å²) in [5.74, 6) is 0.749. The van der Waals surface area contributed by atoms with Crippen molar-refractivity contribution >= 4 is 17.1 Å². The fourth-order valence-electron chi connectivity index (χ4n) is 1.18. The number of anilines is 3. The SMILES string of the molecule is CNc1cc(NC)c(OC)cc1N. The molecule has 13 heavy (non-hydrogen) atoms. The normalized spacial score (nSPS) is 9.46. The lowest BCUT2D eigenvalue weighted by Crippen LogP contribution is -2.00. The Morgan fingerprint density at radius 2 is 1.77 bits per heavy atom. The summed E-state index contributed by atoms with van der Waals surface area (Å²) in [6.07, 6.45) is 0. The van der Waals surface area contributed by atoms with Crippen molar-refractivity contribution in [3.8, 4) is 5.75 Å². The van der Waals surface area contributed by atoms with Gasteiger partial charge in [-0.2, -0.15) is 0 Å². The third kappa shape index (κ3) is 1.77. The molecule has 4 heteroatoms. The highest BCUT2D eigenvalue weighted by atomic mass is 16.5. The van der Waals surface area contributed by atoms with Crippen LogP contribution < -0.4 is 21.1 Å². The molecule has 72 valence electrons. The van der Waals surface area contributed by atoms with Gasteiger partial charge < -0.3 is 21.1 Å². The highest BCUT2D eigenvalue weighted by Crippen LogP contribution is 2.32. The Morgan fingerprint density at radius 1 is 1.15 bits per heavy atom. The Labute approximate surface area is 78.1 Å². The summed E-state index contributed by atoms with van der Waals surface area (Å²) in [5.41, 5.74) is 8.25. The van der Waals surface area contributed by atoms with Gasteiger partial charge in [-0.3, -0.25) is 0 Å². The maximum Gasteiger partial charge on any atom is 0.144 e. The van der Waals surface area contributed by atoms with Crippen LogP contribution in [-0.2, 0) is 0 Å². The number of nitrogen functional groups attached to an aromatic ring is 1. The fourth-order valence-corrected chi connectivity index (χ4v) is 1.18. The lowest BCUT2D eigenvalue weighted by Gasteiger charge is -2.12. The smallest absolute Gasteiger partial charge is 0.144 e. The first kappa shape index (κ1) is 9.51. The maximum absolute atomic E-state index is 5.76. The van der Waals surface area contributed by atoms with E-state index in [4.69, 9.17) is 10.5 Å². The Morgan fingerprint density at radius 3 is 2.23 bits per heavy atom. The number of benzene rings is 1. The summed E-state index contributed by atoms with van der Waals surface area (Å²) in [7, 11) is 5.29. The molecule has 0 aliphatic heterocycles. The minimum absolute atomic E-state index is 0.679. The van der Waals surface area contributed by atoms with Gasteiger partial charge in [0.25, 0.3) is 0 Å². The van der Waals surface area contributed by atoms with Gasteiger partial charge in [-0.05, 0) is 6.07 Å². The van der Waals surface area contributed by atoms with Gasteiger partial charge in [-0.25, -0.2) is 0 Å². The average molecular weight is 181 g/mol. The average Bonchev–Trinajstić information content (AvgIpc) is 2.17. The summed E-state index contributed by atoms with van der Waals surface area (Å²) in [5, 5.41) is 6.03. The molecule has 0 amide bonds. The van der Waals surface area contributed by atoms with Gasteiger partial charge in [0, 0.05) is 20.2 Å². The van der Waals surface area contributed by atoms with Crippen LogP contribution in [0.3, 0.4) is 0 Å². The largest absolute Gasteiger partial charge is 0.495 e. The van der Waals surface area contributed by atoms with Crippen molar-refractivity contribution in [3.63, 3.8) is 0 Å². The first-order chi connectivity index (χ1) is 6.22. The number of rotatable bonds is 3. The highest BCUT2D eigenvalue weighted by molar-refractivity contribution is 5.76. The zero-order chi connectivity index (χ0) is 9.84. The highest BCUT2D eigenvalue weighted by Gasteiger charge is 2.05. The van der Waals surface area contributed by atoms with Crippen LogP contribution in [0.5, 0.6) is 5.75 Å². The van der Waals surface area contributed by atoms with E-state index < -0.39 is 0 Å². The monoisotopic (exact) mass is 181 g/mol. The molecule has 0 radical (unpaired) electrons. The molecular formula is C9H15N3O. The summed E-state index contributed by atoms with van der Waals surface area (Å²) >= 11 is 0. The van der Waals surface area contributed by atoms with E-state index in [1.807, 2.05) is 20.2 Å². The van der Waals surface area contributed by atoms with E-state index in [1.54, 1.807) is 13.2 Å². The Bertz CT molecular complexity index is 299. The zero-order valence-corrected chi connectivity index (χ0v) is 8.14. The number of hydrogen-bond donors (Lipinski definition) is 3. The van der Waals surface area contributed by atoms with Crippen LogP contribution in [0.2, 0.25) is 0 Å². The Kier molecular flexibility index (Phi) is 2.84. The second-order valence-corrected chi connectivity index (χ2v) is 2.64. The van der Waals surface area contributed by atoms with Crippen LogP contribution in [0.1, 0.15) is 0 Å². The van der Waals surface area contributed by atoms with Gasteiger partial charge in [0.1, 0.15) is 5.75 Å². The molecule has 0 aliphatic carbocycles. The molecule has 0 aliphatic rings. The molecule has 4 N–H and O–H groups in total. The number of nitrogens with one attached hydrogen (secondary N) is 2. The first-order valence-corrected chi connectivity index (χ1v) is 4.06. The van der Waals surface area contributed by atoms with E-state index in [-0.39, 0.29) is 0 Å². The molecule has 0 unspecified atom stereocenters. The molecule has 0 fully saturated rings. The minimum atomic E-state index is 0.679. The van der Waals surface area contributed by atoms with E-state index in [1.165, 1.54) is 0 Å². The molecule has 0 atom stereocenters. The van der Waals surface area contributed by atoms with E-state index in [2.05, 4.69) is 10.6 Å². The molecule has 1 aromatic carbocycles. The van der Waals surface area contributed by atoms with Crippen molar-refractivity contribution in [2.24, 2.45) is 0 Å². The van der Waals surface area contributed by atoms with Crippen molar-refractivity contribution in [3.05, 3.63) is 12.1 Å². The molecule has 0 saturated heterocycles. The Balaban J connectivity index is 3.18. The third-order valence-electron chi connectivity index (χ3n) is 1.91. The molecular weight excluding hydrogens is 166 g/mol. The summed E-state index contributed by atoms with van der Waals surface area (Å²) in [4.78, 5) is 0. The van der Waals surface area contributed by atoms with Crippen molar-refractivity contribution in [2.45, 2.75) is 0 Å². The van der Waals surface area contributed by atoms with Crippen LogP contribution >= 0.6 is 0 Å². The van der Waals surface area contributed by atoms with Crippen LogP contribution in [-0.4, -0.2) is 21.2 Å². The molecule has 0 bridgehead atoms. The van der Waals surface area contributed by atoms with Crippen LogP contribution in [0.4, 0.5) is 17.1 Å². The second-order valence-electron chi connectivity index (χ2n) is 2.64. The van der Waals surface area contributed by atoms with Gasteiger partial charge in [0.2, 0.25) is 0 Å². The van der Waals surface area contributed by atoms with Crippen molar-refractivity contribution < 1.29 is 4.74 Å². The predicted molar refractivity (Wildman–Crippen MR) is 56.5 cm³/mol. The topological polar surface area (TPSA) is 59.3 Å². The Hall–Kier alpha value is -1.58. The second kappa shape index (κ2) is 3.89. The molecule has 0 aromatic heterocycles. The van der Waals surface area contributed by atoms with Gasteiger partial charge in [-0.15, -0.1) is 0 Å². The molecule has 0 spiro atoms. The number of ether oxygens (including phenoxy) is 1. The van der Waals surface area contributed by atoms with Gasteiger partial charge >= 0.3 is 0 Å². The maximum atomic E-state index is 5.76. The zero-order valence-electron chi connectivity index (χ0n) is 8.14. The van der Waals surface area contributed by atoms with Crippen molar-refractivity contribution in [1.82, 2.24) is 0 Å². The quantitative estimate of drug-likeness (QED) is 0.616. The number of methoxy groups -OCH3 is 1. The van der Waals surface area contributed by atoms with E-state index in [9.17, 15) is 0 Å². The van der Waals surface area contributed by atoms with Crippen molar-refractivity contribution in [1.29, 1.82) is 0 Å². The lowest BCUT2D eigenvalue weighted by atomic mass is 10.2. The summed E-state index contributed by atoms with van der Waals surface area (Å²) in [6, 6.07) is 3.70. The summed E-state index contributed by atoms with van der Waals surface area (Å²) < 4.78 is 5.15. The van der Waals surface area contributed by atoms with Crippen LogP contribution in [0, 0.1) is 0 Å². The van der Waals surface area contributed by atoms with Gasteiger partial charge in [-0.1, -0.05) is 0 Å².